The van der Waals surface area contributed by atoms with E-state index in [0.717, 1.165) is 16.6 Å². The highest BCUT2D eigenvalue weighted by atomic mass is 16.5. The third-order valence-electron chi connectivity index (χ3n) is 5.68. The summed E-state index contributed by atoms with van der Waals surface area (Å²) in [5.74, 6) is 0.00785. The molecule has 10 heteroatoms. The maximum atomic E-state index is 12.0. The molecule has 2 aromatic rings. The van der Waals surface area contributed by atoms with Crippen LogP contribution in [0.4, 0.5) is 11.5 Å². The fourth-order valence-corrected chi connectivity index (χ4v) is 3.71. The monoisotopic (exact) mass is 407 g/mol. The van der Waals surface area contributed by atoms with Crippen molar-refractivity contribution in [2.45, 2.75) is 26.3 Å². The van der Waals surface area contributed by atoms with Crippen LogP contribution in [0, 0.1) is 17.2 Å². The molecule has 0 spiro atoms. The van der Waals surface area contributed by atoms with Gasteiger partial charge in [0.2, 0.25) is 0 Å². The second-order valence-corrected chi connectivity index (χ2v) is 7.52. The minimum atomic E-state index is -0.959. The molecule has 2 aliphatic heterocycles. The van der Waals surface area contributed by atoms with Crippen LogP contribution in [0.5, 0.6) is 5.75 Å². The molecule has 2 atom stereocenters. The summed E-state index contributed by atoms with van der Waals surface area (Å²) in [6, 6.07) is 7.39. The van der Waals surface area contributed by atoms with Crippen LogP contribution in [-0.4, -0.2) is 41.0 Å². The average Bonchev–Trinajstić information content (AvgIpc) is 3.16. The van der Waals surface area contributed by atoms with Gasteiger partial charge >= 0.3 is 7.12 Å². The van der Waals surface area contributed by atoms with Crippen LogP contribution in [0.25, 0.3) is 5.57 Å². The molecule has 1 saturated heterocycles. The van der Waals surface area contributed by atoms with Gasteiger partial charge in [0.15, 0.2) is 5.82 Å². The number of rotatable bonds is 4. The molecule has 1 fully saturated rings. The third-order valence-corrected chi connectivity index (χ3v) is 5.68. The Morgan fingerprint density at radius 1 is 1.47 bits per heavy atom. The molecule has 0 radical (unpaired) electrons. The van der Waals surface area contributed by atoms with Crippen molar-refractivity contribution in [3.63, 3.8) is 0 Å². The first kappa shape index (κ1) is 20.0. The van der Waals surface area contributed by atoms with Gasteiger partial charge in [-0.15, -0.1) is 0 Å². The Morgan fingerprint density at radius 3 is 3.00 bits per heavy atom. The normalized spacial score (nSPS) is 20.9. The van der Waals surface area contributed by atoms with E-state index in [2.05, 4.69) is 16.5 Å². The molecule has 3 heterocycles. The van der Waals surface area contributed by atoms with E-state index in [1.165, 1.54) is 0 Å². The summed E-state index contributed by atoms with van der Waals surface area (Å²) in [7, 11) is -0.959. The lowest BCUT2D eigenvalue weighted by Gasteiger charge is -2.27. The first-order valence-electron chi connectivity index (χ1n) is 9.69. The van der Waals surface area contributed by atoms with Crippen LogP contribution in [0.2, 0.25) is 0 Å². The van der Waals surface area contributed by atoms with Crippen molar-refractivity contribution in [2.75, 3.05) is 18.5 Å². The van der Waals surface area contributed by atoms with Crippen LogP contribution < -0.4 is 15.7 Å². The maximum Gasteiger partial charge on any atom is 0.555 e. The smallest absolute Gasteiger partial charge is 0.532 e. The average molecular weight is 407 g/mol. The minimum absolute atomic E-state index is 0.227. The van der Waals surface area contributed by atoms with Gasteiger partial charge < -0.3 is 25.5 Å². The quantitative estimate of drug-likeness (QED) is 0.660. The van der Waals surface area contributed by atoms with E-state index in [-0.39, 0.29) is 17.5 Å². The first-order chi connectivity index (χ1) is 14.4. The number of ether oxygens (including phenoxy) is 1. The number of nitrogens with zero attached hydrogens (tertiary/aromatic N) is 3. The number of hydrogen-bond acceptors (Lipinski definition) is 7. The molecule has 1 amide bonds. The zero-order valence-corrected chi connectivity index (χ0v) is 16.8. The fraction of sp³-hybridized carbons (Fsp3) is 0.350. The summed E-state index contributed by atoms with van der Waals surface area (Å²) >= 11 is 0. The van der Waals surface area contributed by atoms with Crippen LogP contribution >= 0.6 is 0 Å². The summed E-state index contributed by atoms with van der Waals surface area (Å²) in [6.45, 7) is 4.60. The molecule has 0 bridgehead atoms. The van der Waals surface area contributed by atoms with Gasteiger partial charge in [0.25, 0.3) is 5.91 Å². The third kappa shape index (κ3) is 3.53. The molecule has 1 aromatic carbocycles. The van der Waals surface area contributed by atoms with Crippen molar-refractivity contribution in [3.05, 3.63) is 41.0 Å². The molecule has 9 nitrogen and oxygen atoms in total. The van der Waals surface area contributed by atoms with Crippen LogP contribution in [0.15, 0.2) is 29.9 Å². The summed E-state index contributed by atoms with van der Waals surface area (Å²) < 4.78 is 12.6. The summed E-state index contributed by atoms with van der Waals surface area (Å²) in [5, 5.41) is 27.0. The Kier molecular flexibility index (Phi) is 5.24. The van der Waals surface area contributed by atoms with Crippen molar-refractivity contribution in [1.82, 2.24) is 9.78 Å². The number of nitrogens with two attached hydrogens (primary N) is 1. The first-order valence-corrected chi connectivity index (χ1v) is 9.69. The van der Waals surface area contributed by atoms with E-state index in [9.17, 15) is 15.1 Å². The number of nitriles is 1. The van der Waals surface area contributed by atoms with Gasteiger partial charge in [-0.25, -0.2) is 0 Å². The van der Waals surface area contributed by atoms with Gasteiger partial charge in [-0.1, -0.05) is 0 Å². The second-order valence-electron chi connectivity index (χ2n) is 7.52. The molecule has 4 N–H and O–H groups in total. The minimum Gasteiger partial charge on any atom is -0.532 e. The summed E-state index contributed by atoms with van der Waals surface area (Å²) in [4.78, 5) is 12.0. The molecule has 4 rings (SSSR count). The van der Waals surface area contributed by atoms with Crippen molar-refractivity contribution < 1.29 is 19.2 Å². The number of fused-ring (bicyclic) bond motifs is 1. The highest BCUT2D eigenvalue weighted by Crippen LogP contribution is 2.36. The van der Waals surface area contributed by atoms with Crippen molar-refractivity contribution >= 4 is 30.1 Å². The Morgan fingerprint density at radius 2 is 2.27 bits per heavy atom. The molecule has 154 valence electrons. The number of aromatic nitrogens is 2. The molecule has 1 unspecified atom stereocenters. The predicted molar refractivity (Wildman–Crippen MR) is 111 cm³/mol. The number of anilines is 2. The van der Waals surface area contributed by atoms with E-state index in [0.29, 0.717) is 36.9 Å². The lowest BCUT2D eigenvalue weighted by atomic mass is 9.73. The lowest BCUT2D eigenvalue weighted by Crippen LogP contribution is -2.29. The van der Waals surface area contributed by atoms with Gasteiger partial charge in [0, 0.05) is 24.1 Å². The van der Waals surface area contributed by atoms with Gasteiger partial charge in [0.1, 0.15) is 11.3 Å². The predicted octanol–water partition coefficient (Wildman–Crippen LogP) is 2.03. The number of hydrogen-bond donors (Lipinski definition) is 3. The SMILES string of the molecule is CC1=C(C)c2cc(Nc3nn(C4COCC[C@@H]4C#N)cc3C(N)=O)ccc2OB1O. The molecular weight excluding hydrogens is 385 g/mol. The lowest BCUT2D eigenvalue weighted by molar-refractivity contribution is 0.0342. The number of benzene rings is 1. The number of nitrogens with one attached hydrogen (secondary N) is 1. The van der Waals surface area contributed by atoms with Crippen LogP contribution in [-0.2, 0) is 4.74 Å². The maximum absolute atomic E-state index is 12.0. The van der Waals surface area contributed by atoms with E-state index >= 15 is 0 Å². The molecule has 2 aliphatic rings. The van der Waals surface area contributed by atoms with Gasteiger partial charge in [-0.05, 0) is 49.5 Å². The Bertz CT molecular complexity index is 1070. The largest absolute Gasteiger partial charge is 0.555 e. The van der Waals surface area contributed by atoms with Crippen molar-refractivity contribution in [1.29, 1.82) is 5.26 Å². The number of amides is 1. The summed E-state index contributed by atoms with van der Waals surface area (Å²) in [5.41, 5.74) is 8.97. The number of carbonyl (C=O) groups is 1. The molecule has 30 heavy (non-hydrogen) atoms. The number of allylic oxidation sites excluding steroid dienone is 2. The van der Waals surface area contributed by atoms with Crippen molar-refractivity contribution in [2.24, 2.45) is 11.7 Å². The van der Waals surface area contributed by atoms with E-state index in [1.807, 2.05) is 19.9 Å². The summed E-state index contributed by atoms with van der Waals surface area (Å²) in [6.07, 6.45) is 2.17. The van der Waals surface area contributed by atoms with Crippen LogP contribution in [0.1, 0.15) is 42.2 Å². The Labute approximate surface area is 174 Å². The van der Waals surface area contributed by atoms with Gasteiger partial charge in [-0.3, -0.25) is 9.48 Å². The second kappa shape index (κ2) is 7.86. The Balaban J connectivity index is 1.67. The van der Waals surface area contributed by atoms with Crippen LogP contribution in [0.3, 0.4) is 0 Å². The van der Waals surface area contributed by atoms with E-state index in [1.54, 1.807) is 23.0 Å². The highest BCUT2D eigenvalue weighted by molar-refractivity contribution is 6.55. The zero-order chi connectivity index (χ0) is 21.4. The van der Waals surface area contributed by atoms with Gasteiger partial charge in [-0.2, -0.15) is 10.4 Å². The van der Waals surface area contributed by atoms with Gasteiger partial charge in [0.05, 0.1) is 24.6 Å². The number of carbonyl (C=O) groups excluding carboxylic acids is 1. The molecular formula is C20H22BN5O4. The molecule has 1 aromatic heterocycles. The Hall–Kier alpha value is -3.29. The highest BCUT2D eigenvalue weighted by Gasteiger charge is 2.30. The topological polar surface area (TPSA) is 135 Å². The van der Waals surface area contributed by atoms with E-state index in [4.69, 9.17) is 15.1 Å². The molecule has 0 aliphatic carbocycles. The standard InChI is InChI=1S/C20H22BN5O4/c1-11-12(2)21(28)30-18-4-3-14(7-15(11)18)24-20-16(19(23)27)9-26(25-20)17-10-29-6-5-13(17)8-22/h3-4,7,9,13,17,28H,5-6,10H2,1-2H3,(H2,23,27)(H,24,25)/t13-,17?/m1/s1. The van der Waals surface area contributed by atoms with E-state index < -0.39 is 13.0 Å². The fourth-order valence-electron chi connectivity index (χ4n) is 3.71. The number of primary amides is 1. The zero-order valence-electron chi connectivity index (χ0n) is 16.8. The molecule has 0 saturated carbocycles. The van der Waals surface area contributed by atoms with Crippen molar-refractivity contribution in [3.8, 4) is 11.8 Å².